The van der Waals surface area contributed by atoms with Gasteiger partial charge in [0.15, 0.2) is 0 Å². The highest BCUT2D eigenvalue weighted by molar-refractivity contribution is 7.20. The molecular weight excluding hydrogens is 477 g/mol. The molecule has 1 amide bonds. The van der Waals surface area contributed by atoms with Crippen LogP contribution in [0.5, 0.6) is 0 Å². The minimum Gasteiger partial charge on any atom is -0.462 e. The Hall–Kier alpha value is -2.34. The van der Waals surface area contributed by atoms with E-state index in [2.05, 4.69) is 0 Å². The molecule has 1 aliphatic carbocycles. The number of carbonyl (C=O) groups is 2. The van der Waals surface area contributed by atoms with E-state index in [9.17, 15) is 9.59 Å². The lowest BCUT2D eigenvalue weighted by molar-refractivity contribution is 0.0527. The molecule has 1 fully saturated rings. The summed E-state index contributed by atoms with van der Waals surface area (Å²) in [6, 6.07) is 16.5. The molecular formula is C26H25Cl2NO3S. The number of esters is 1. The summed E-state index contributed by atoms with van der Waals surface area (Å²) in [5.74, 6) is -0.655. The van der Waals surface area contributed by atoms with Crippen molar-refractivity contribution in [2.75, 3.05) is 11.5 Å². The number of amides is 1. The average Bonchev–Trinajstić information content (AvgIpc) is 3.26. The topological polar surface area (TPSA) is 46.6 Å². The fourth-order valence-electron chi connectivity index (χ4n) is 4.22. The smallest absolute Gasteiger partial charge is 0.341 e. The van der Waals surface area contributed by atoms with Gasteiger partial charge in [0.1, 0.15) is 5.00 Å². The molecule has 7 heteroatoms. The van der Waals surface area contributed by atoms with Crippen molar-refractivity contribution >= 4 is 51.4 Å². The maximum absolute atomic E-state index is 13.9. The number of halogens is 2. The van der Waals surface area contributed by atoms with Crippen LogP contribution < -0.4 is 4.90 Å². The SMILES string of the molecule is CCOC(=O)c1cc(-c2ccccc2)sc1N(C(=O)c1ccc(Cl)cc1Cl)C1CCCCC1. The molecule has 1 aliphatic rings. The molecule has 0 radical (unpaired) electrons. The lowest BCUT2D eigenvalue weighted by Gasteiger charge is -2.34. The first-order chi connectivity index (χ1) is 16.0. The molecule has 1 saturated carbocycles. The van der Waals surface area contributed by atoms with Crippen molar-refractivity contribution in [3.8, 4) is 10.4 Å². The molecule has 1 aromatic heterocycles. The Morgan fingerprint density at radius 1 is 1.00 bits per heavy atom. The van der Waals surface area contributed by atoms with Gasteiger partial charge in [0.05, 0.1) is 22.8 Å². The second-order valence-corrected chi connectivity index (χ2v) is 9.88. The molecule has 0 aliphatic heterocycles. The normalized spacial score (nSPS) is 14.2. The molecule has 0 unspecified atom stereocenters. The molecule has 172 valence electrons. The summed E-state index contributed by atoms with van der Waals surface area (Å²) in [4.78, 5) is 29.6. The second kappa shape index (κ2) is 10.7. The molecule has 0 bridgehead atoms. The first-order valence-corrected chi connectivity index (χ1v) is 12.7. The van der Waals surface area contributed by atoms with Crippen molar-refractivity contribution in [3.05, 3.63) is 75.8 Å². The van der Waals surface area contributed by atoms with Gasteiger partial charge in [0, 0.05) is 15.9 Å². The molecule has 4 rings (SSSR count). The van der Waals surface area contributed by atoms with E-state index in [0.717, 1.165) is 42.5 Å². The third-order valence-corrected chi connectivity index (χ3v) is 7.54. The fourth-order valence-corrected chi connectivity index (χ4v) is 5.93. The van der Waals surface area contributed by atoms with Crippen LogP contribution in [0.3, 0.4) is 0 Å². The van der Waals surface area contributed by atoms with E-state index in [-0.39, 0.29) is 18.6 Å². The van der Waals surface area contributed by atoms with E-state index >= 15 is 0 Å². The van der Waals surface area contributed by atoms with Gasteiger partial charge in [-0.15, -0.1) is 11.3 Å². The van der Waals surface area contributed by atoms with Gasteiger partial charge in [0.25, 0.3) is 5.91 Å². The Morgan fingerprint density at radius 2 is 1.73 bits per heavy atom. The number of hydrogen-bond acceptors (Lipinski definition) is 4. The molecule has 0 saturated heterocycles. The lowest BCUT2D eigenvalue weighted by Crippen LogP contribution is -2.42. The van der Waals surface area contributed by atoms with E-state index in [4.69, 9.17) is 27.9 Å². The van der Waals surface area contributed by atoms with Gasteiger partial charge in [0.2, 0.25) is 0 Å². The first-order valence-electron chi connectivity index (χ1n) is 11.1. The highest BCUT2D eigenvalue weighted by Gasteiger charge is 2.34. The van der Waals surface area contributed by atoms with Crippen molar-refractivity contribution in [2.24, 2.45) is 0 Å². The fraction of sp³-hybridized carbons (Fsp3) is 0.308. The first kappa shape index (κ1) is 23.8. The highest BCUT2D eigenvalue weighted by Crippen LogP contribution is 2.42. The minimum absolute atomic E-state index is 0.0200. The zero-order valence-corrected chi connectivity index (χ0v) is 20.7. The van der Waals surface area contributed by atoms with E-state index in [1.165, 1.54) is 11.3 Å². The minimum atomic E-state index is -0.429. The van der Waals surface area contributed by atoms with Crippen molar-refractivity contribution in [2.45, 2.75) is 45.1 Å². The van der Waals surface area contributed by atoms with Gasteiger partial charge in [-0.3, -0.25) is 9.69 Å². The van der Waals surface area contributed by atoms with Crippen LogP contribution in [0.25, 0.3) is 10.4 Å². The van der Waals surface area contributed by atoms with Crippen LogP contribution in [0.15, 0.2) is 54.6 Å². The maximum Gasteiger partial charge on any atom is 0.341 e. The third-order valence-electron chi connectivity index (χ3n) is 5.81. The van der Waals surface area contributed by atoms with Crippen LogP contribution in [-0.4, -0.2) is 24.5 Å². The Morgan fingerprint density at radius 3 is 2.39 bits per heavy atom. The van der Waals surface area contributed by atoms with E-state index < -0.39 is 5.97 Å². The summed E-state index contributed by atoms with van der Waals surface area (Å²) in [6.07, 6.45) is 4.96. The van der Waals surface area contributed by atoms with Crippen molar-refractivity contribution < 1.29 is 14.3 Å². The molecule has 3 aromatic rings. The van der Waals surface area contributed by atoms with E-state index in [0.29, 0.717) is 26.2 Å². The number of hydrogen-bond donors (Lipinski definition) is 0. The van der Waals surface area contributed by atoms with Gasteiger partial charge in [-0.2, -0.15) is 0 Å². The van der Waals surface area contributed by atoms with Crippen LogP contribution in [0, 0.1) is 0 Å². The van der Waals surface area contributed by atoms with Crippen LogP contribution >= 0.6 is 34.5 Å². The summed E-state index contributed by atoms with van der Waals surface area (Å²) in [5, 5.41) is 1.37. The van der Waals surface area contributed by atoms with Gasteiger partial charge < -0.3 is 4.74 Å². The maximum atomic E-state index is 13.9. The third kappa shape index (κ3) is 5.26. The number of thiophene rings is 1. The van der Waals surface area contributed by atoms with Crippen molar-refractivity contribution in [3.63, 3.8) is 0 Å². The number of nitrogens with zero attached hydrogens (tertiary/aromatic N) is 1. The number of benzene rings is 2. The van der Waals surface area contributed by atoms with Crippen LogP contribution in [0.2, 0.25) is 10.0 Å². The standard InChI is InChI=1S/C26H25Cl2NO3S/c1-2-32-26(31)21-16-23(17-9-5-3-6-10-17)33-25(21)29(19-11-7-4-8-12-19)24(30)20-14-13-18(27)15-22(20)28/h3,5-6,9-10,13-16,19H,2,4,7-8,11-12H2,1H3. The Balaban J connectivity index is 1.85. The number of rotatable bonds is 6. The lowest BCUT2D eigenvalue weighted by atomic mass is 9.93. The molecule has 0 spiro atoms. The molecule has 1 heterocycles. The molecule has 2 aromatic carbocycles. The van der Waals surface area contributed by atoms with Crippen LogP contribution in [0.1, 0.15) is 59.7 Å². The molecule has 0 atom stereocenters. The highest BCUT2D eigenvalue weighted by atomic mass is 35.5. The van der Waals surface area contributed by atoms with Gasteiger partial charge >= 0.3 is 5.97 Å². The van der Waals surface area contributed by atoms with E-state index in [1.54, 1.807) is 30.0 Å². The number of ether oxygens (including phenoxy) is 1. The molecule has 0 N–H and O–H groups in total. The van der Waals surface area contributed by atoms with Gasteiger partial charge in [-0.1, -0.05) is 72.8 Å². The summed E-state index contributed by atoms with van der Waals surface area (Å²) in [6.45, 7) is 2.04. The summed E-state index contributed by atoms with van der Waals surface area (Å²) >= 11 is 13.9. The summed E-state index contributed by atoms with van der Waals surface area (Å²) in [5.41, 5.74) is 1.76. The van der Waals surface area contributed by atoms with Gasteiger partial charge in [-0.05, 0) is 49.6 Å². The zero-order valence-electron chi connectivity index (χ0n) is 18.4. The predicted molar refractivity (Wildman–Crippen MR) is 136 cm³/mol. The molecule has 4 nitrogen and oxygen atoms in total. The largest absolute Gasteiger partial charge is 0.462 e. The second-order valence-electron chi connectivity index (χ2n) is 8.01. The summed E-state index contributed by atoms with van der Waals surface area (Å²) in [7, 11) is 0. The quantitative estimate of drug-likeness (QED) is 0.322. The number of carbonyl (C=O) groups excluding carboxylic acids is 2. The van der Waals surface area contributed by atoms with Crippen LogP contribution in [0.4, 0.5) is 5.00 Å². The van der Waals surface area contributed by atoms with Crippen molar-refractivity contribution in [1.29, 1.82) is 0 Å². The number of anilines is 1. The van der Waals surface area contributed by atoms with Crippen LogP contribution in [-0.2, 0) is 4.74 Å². The predicted octanol–water partition coefficient (Wildman–Crippen LogP) is 7.88. The molecule has 33 heavy (non-hydrogen) atoms. The summed E-state index contributed by atoms with van der Waals surface area (Å²) < 4.78 is 5.37. The monoisotopic (exact) mass is 501 g/mol. The Kier molecular flexibility index (Phi) is 7.74. The van der Waals surface area contributed by atoms with Crippen molar-refractivity contribution in [1.82, 2.24) is 0 Å². The van der Waals surface area contributed by atoms with Gasteiger partial charge in [-0.25, -0.2) is 4.79 Å². The Bertz CT molecular complexity index is 1140. The average molecular weight is 502 g/mol. The Labute approximate surface area is 208 Å². The zero-order chi connectivity index (χ0) is 23.4. The van der Waals surface area contributed by atoms with E-state index in [1.807, 2.05) is 36.4 Å².